The Morgan fingerprint density at radius 3 is 2.08 bits per heavy atom. The van der Waals surface area contributed by atoms with Gasteiger partial charge in [-0.05, 0) is 97.9 Å². The van der Waals surface area contributed by atoms with Gasteiger partial charge in [-0.25, -0.2) is 4.79 Å². The van der Waals surface area contributed by atoms with Crippen LogP contribution >= 0.6 is 0 Å². The number of carbonyl (C=O) groups is 2. The van der Waals surface area contributed by atoms with E-state index in [1.807, 2.05) is 0 Å². The molecule has 6 bridgehead atoms. The third-order valence-corrected chi connectivity index (χ3v) is 8.41. The van der Waals surface area contributed by atoms with E-state index in [0.29, 0.717) is 11.8 Å². The fourth-order valence-corrected chi connectivity index (χ4v) is 7.74. The molecular weight excluding hydrogens is 300 g/mol. The molecule has 0 saturated heterocycles. The van der Waals surface area contributed by atoms with Gasteiger partial charge in [-0.2, -0.15) is 0 Å². The Hall–Kier alpha value is -1.12. The maximum Gasteiger partial charge on any atom is 0.341 e. The molecule has 6 aliphatic rings. The summed E-state index contributed by atoms with van der Waals surface area (Å²) in [5, 5.41) is 0. The summed E-state index contributed by atoms with van der Waals surface area (Å²) < 4.78 is 5.07. The minimum absolute atomic E-state index is 0.193. The topological polar surface area (TPSA) is 43.4 Å². The molecule has 0 aliphatic heterocycles. The van der Waals surface area contributed by atoms with E-state index in [2.05, 4.69) is 6.92 Å². The maximum atomic E-state index is 12.7. The van der Waals surface area contributed by atoms with Crippen LogP contribution in [0.2, 0.25) is 0 Å². The van der Waals surface area contributed by atoms with Crippen molar-refractivity contribution in [2.45, 2.75) is 65.2 Å². The van der Waals surface area contributed by atoms with Crippen LogP contribution in [0.5, 0.6) is 0 Å². The van der Waals surface area contributed by atoms with Crippen LogP contribution in [-0.2, 0) is 14.3 Å². The third-order valence-electron chi connectivity index (χ3n) is 8.41. The summed E-state index contributed by atoms with van der Waals surface area (Å²) in [6.45, 7) is 3.81. The van der Waals surface area contributed by atoms with Crippen molar-refractivity contribution in [3.8, 4) is 0 Å². The van der Waals surface area contributed by atoms with Crippen LogP contribution in [0.25, 0.3) is 0 Å². The third kappa shape index (κ3) is 1.90. The van der Waals surface area contributed by atoms with Crippen molar-refractivity contribution in [2.75, 3.05) is 0 Å². The second-order valence-electron chi connectivity index (χ2n) is 9.50. The van der Waals surface area contributed by atoms with Gasteiger partial charge in [-0.1, -0.05) is 6.92 Å². The van der Waals surface area contributed by atoms with E-state index in [4.69, 9.17) is 4.74 Å². The molecule has 2 atom stereocenters. The van der Waals surface area contributed by atoms with Crippen LogP contribution < -0.4 is 0 Å². The number of rotatable bonds is 2. The maximum absolute atomic E-state index is 12.7. The zero-order chi connectivity index (χ0) is 16.6. The van der Waals surface area contributed by atoms with Crippen molar-refractivity contribution in [1.82, 2.24) is 0 Å². The molecule has 130 valence electrons. The number of allylic oxidation sites excluding steroid dienone is 1. The number of hydrogen-bond donors (Lipinski definition) is 0. The number of hydrogen-bond acceptors (Lipinski definition) is 3. The number of fused-ring (bicyclic) bond motifs is 2. The van der Waals surface area contributed by atoms with Gasteiger partial charge in [0.2, 0.25) is 0 Å². The number of esters is 2. The molecule has 5 fully saturated rings. The van der Waals surface area contributed by atoms with Gasteiger partial charge < -0.3 is 4.74 Å². The predicted octanol–water partition coefficient (Wildman–Crippen LogP) is 4.27. The van der Waals surface area contributed by atoms with Crippen molar-refractivity contribution in [1.29, 1.82) is 0 Å². The van der Waals surface area contributed by atoms with E-state index < -0.39 is 5.97 Å². The first-order valence-electron chi connectivity index (χ1n) is 9.94. The van der Waals surface area contributed by atoms with Crippen LogP contribution in [0.1, 0.15) is 65.2 Å². The first kappa shape index (κ1) is 15.2. The first-order valence-corrected chi connectivity index (χ1v) is 9.94. The van der Waals surface area contributed by atoms with Crippen molar-refractivity contribution in [2.24, 2.45) is 40.9 Å². The zero-order valence-electron chi connectivity index (χ0n) is 14.8. The Morgan fingerprint density at radius 2 is 1.50 bits per heavy atom. The van der Waals surface area contributed by atoms with Crippen molar-refractivity contribution >= 4 is 11.9 Å². The molecule has 0 heterocycles. The smallest absolute Gasteiger partial charge is 0.341 e. The molecule has 3 nitrogen and oxygen atoms in total. The lowest BCUT2D eigenvalue weighted by Crippen LogP contribution is -2.53. The van der Waals surface area contributed by atoms with Crippen LogP contribution in [-0.4, -0.2) is 11.9 Å². The Balaban J connectivity index is 1.59. The largest absolute Gasteiger partial charge is 0.390 e. The molecule has 0 amide bonds. The molecule has 6 rings (SSSR count). The van der Waals surface area contributed by atoms with Crippen LogP contribution in [0.4, 0.5) is 0 Å². The lowest BCUT2D eigenvalue weighted by atomic mass is 9.43. The van der Waals surface area contributed by atoms with Gasteiger partial charge in [0.25, 0.3) is 0 Å². The molecule has 0 N–H and O–H groups in total. The fraction of sp³-hybridized carbons (Fsp3) is 0.810. The summed E-state index contributed by atoms with van der Waals surface area (Å²) in [6.07, 6.45) is 10.4. The molecule has 3 heteroatoms. The highest BCUT2D eigenvalue weighted by Crippen LogP contribution is 2.69. The highest BCUT2D eigenvalue weighted by Gasteiger charge is 2.60. The molecule has 0 aromatic carbocycles. The highest BCUT2D eigenvalue weighted by molar-refractivity contribution is 5.97. The summed E-state index contributed by atoms with van der Waals surface area (Å²) in [6, 6.07) is 0. The lowest BCUT2D eigenvalue weighted by Gasteiger charge is -2.62. The molecule has 0 aromatic heterocycles. The molecule has 6 aliphatic carbocycles. The van der Waals surface area contributed by atoms with Gasteiger partial charge in [-0.15, -0.1) is 0 Å². The summed E-state index contributed by atoms with van der Waals surface area (Å²) in [5.74, 6) is 3.52. The highest BCUT2D eigenvalue weighted by atomic mass is 16.6. The number of carbonyl (C=O) groups excluding carboxylic acids is 2. The normalized spacial score (nSPS) is 48.2. The monoisotopic (exact) mass is 328 g/mol. The van der Waals surface area contributed by atoms with Crippen molar-refractivity contribution in [3.05, 3.63) is 11.1 Å². The van der Waals surface area contributed by atoms with Crippen molar-refractivity contribution in [3.63, 3.8) is 0 Å². The number of ether oxygens (including phenoxy) is 1. The second-order valence-corrected chi connectivity index (χ2v) is 9.50. The predicted molar refractivity (Wildman–Crippen MR) is 89.8 cm³/mol. The minimum atomic E-state index is -0.468. The molecule has 0 spiro atoms. The average Bonchev–Trinajstić information content (AvgIpc) is 3.12. The summed E-state index contributed by atoms with van der Waals surface area (Å²) in [7, 11) is 0. The molecule has 2 unspecified atom stereocenters. The first-order chi connectivity index (χ1) is 11.5. The molecule has 0 radical (unpaired) electrons. The van der Waals surface area contributed by atoms with Crippen LogP contribution in [0.3, 0.4) is 0 Å². The van der Waals surface area contributed by atoms with Gasteiger partial charge >= 0.3 is 11.9 Å². The molecular formula is C21H28O3. The average molecular weight is 328 g/mol. The van der Waals surface area contributed by atoms with Gasteiger partial charge in [0.15, 0.2) is 0 Å². The van der Waals surface area contributed by atoms with Gasteiger partial charge in [0.05, 0.1) is 0 Å². The lowest BCUT2D eigenvalue weighted by molar-refractivity contribution is -0.155. The van der Waals surface area contributed by atoms with Gasteiger partial charge in [-0.3, -0.25) is 4.79 Å². The Morgan fingerprint density at radius 1 is 0.917 bits per heavy atom. The summed E-state index contributed by atoms with van der Waals surface area (Å²) >= 11 is 0. The molecule has 5 saturated carbocycles. The standard InChI is InChI=1S/C21H28O3/c1-11(22)24-20(23)18-14-3-4-15(10-14)19(18)21(2)16-6-12-5-13(8-16)9-17(21)7-12/h12-17H,3-10H2,1-2H3. The quantitative estimate of drug-likeness (QED) is 0.562. The Bertz CT molecular complexity index is 615. The molecule has 0 aromatic rings. The Labute approximate surface area is 144 Å². The van der Waals surface area contributed by atoms with E-state index in [1.165, 1.54) is 51.0 Å². The second kappa shape index (κ2) is 4.95. The van der Waals surface area contributed by atoms with Crippen LogP contribution in [0, 0.1) is 40.9 Å². The van der Waals surface area contributed by atoms with Gasteiger partial charge in [0, 0.05) is 12.5 Å². The van der Waals surface area contributed by atoms with E-state index in [-0.39, 0.29) is 11.4 Å². The minimum Gasteiger partial charge on any atom is -0.390 e. The SMILES string of the molecule is CC(=O)OC(=O)C1=C(C2(C)C3CC4CC(C3)CC2C4)C2CCC1C2. The van der Waals surface area contributed by atoms with E-state index >= 15 is 0 Å². The molecule has 24 heavy (non-hydrogen) atoms. The summed E-state index contributed by atoms with van der Waals surface area (Å²) in [4.78, 5) is 24.1. The van der Waals surface area contributed by atoms with E-state index in [0.717, 1.165) is 42.1 Å². The van der Waals surface area contributed by atoms with E-state index in [9.17, 15) is 9.59 Å². The van der Waals surface area contributed by atoms with Crippen LogP contribution in [0.15, 0.2) is 11.1 Å². The zero-order valence-corrected chi connectivity index (χ0v) is 14.8. The Kier molecular flexibility index (Phi) is 3.13. The van der Waals surface area contributed by atoms with Gasteiger partial charge in [0.1, 0.15) is 0 Å². The fourth-order valence-electron chi connectivity index (χ4n) is 7.74. The van der Waals surface area contributed by atoms with Crippen molar-refractivity contribution < 1.29 is 14.3 Å². The van der Waals surface area contributed by atoms with E-state index in [1.54, 1.807) is 0 Å². The summed E-state index contributed by atoms with van der Waals surface area (Å²) in [5.41, 5.74) is 2.56.